The van der Waals surface area contributed by atoms with E-state index in [4.69, 9.17) is 0 Å². The van der Waals surface area contributed by atoms with Gasteiger partial charge in [0.25, 0.3) is 0 Å². The van der Waals surface area contributed by atoms with Gasteiger partial charge < -0.3 is 0 Å². The molecule has 2 heteroatoms. The first-order valence-corrected chi connectivity index (χ1v) is 3.01. The minimum absolute atomic E-state index is 0.177. The van der Waals surface area contributed by atoms with Gasteiger partial charge in [0.15, 0.2) is 0 Å². The molecule has 0 aromatic heterocycles. The first-order valence-electron chi connectivity index (χ1n) is 3.01. The fraction of sp³-hybridized carbons (Fsp3) is 0.571. The van der Waals surface area contributed by atoms with E-state index in [1.165, 1.54) is 12.3 Å². The Morgan fingerprint density at radius 3 is 2.44 bits per heavy atom. The lowest BCUT2D eigenvalue weighted by atomic mass is 10.4. The first kappa shape index (κ1) is 8.34. The minimum Gasteiger partial charge on any atom is -0.287 e. The molecule has 0 aliphatic heterocycles. The second kappa shape index (κ2) is 4.24. The van der Waals surface area contributed by atoms with Crippen LogP contribution in [0.5, 0.6) is 0 Å². The van der Waals surface area contributed by atoms with Crippen LogP contribution in [0.25, 0.3) is 0 Å². The largest absolute Gasteiger partial charge is 0.287 e. The number of aliphatic imine (C=N–C) groups is 1. The predicted octanol–water partition coefficient (Wildman–Crippen LogP) is 2.34. The Morgan fingerprint density at radius 1 is 1.56 bits per heavy atom. The molecule has 0 radical (unpaired) electrons. The van der Waals surface area contributed by atoms with Gasteiger partial charge in [-0.2, -0.15) is 0 Å². The molecule has 0 aromatic carbocycles. The summed E-state index contributed by atoms with van der Waals surface area (Å²) in [5, 5.41) is 0. The van der Waals surface area contributed by atoms with Crippen molar-refractivity contribution < 1.29 is 4.39 Å². The molecule has 0 aliphatic carbocycles. The zero-order valence-corrected chi connectivity index (χ0v) is 6.06. The molecule has 0 aliphatic rings. The minimum atomic E-state index is -0.274. The first-order chi connectivity index (χ1) is 4.16. The van der Waals surface area contributed by atoms with Crippen molar-refractivity contribution in [1.29, 1.82) is 0 Å². The van der Waals surface area contributed by atoms with Crippen LogP contribution in [0.4, 0.5) is 4.39 Å². The highest BCUT2D eigenvalue weighted by Crippen LogP contribution is 1.92. The van der Waals surface area contributed by atoms with Crippen molar-refractivity contribution in [2.24, 2.45) is 4.99 Å². The summed E-state index contributed by atoms with van der Waals surface area (Å²) in [6, 6.07) is 0.177. The van der Waals surface area contributed by atoms with E-state index in [9.17, 15) is 4.39 Å². The van der Waals surface area contributed by atoms with Crippen molar-refractivity contribution >= 4 is 6.21 Å². The summed E-state index contributed by atoms with van der Waals surface area (Å²) in [6.07, 6.45) is 2.62. The van der Waals surface area contributed by atoms with E-state index in [-0.39, 0.29) is 11.9 Å². The molecule has 52 valence electrons. The maximum absolute atomic E-state index is 12.2. The van der Waals surface area contributed by atoms with E-state index in [1.54, 1.807) is 6.92 Å². The molecule has 0 bridgehead atoms. The number of rotatable bonds is 2. The van der Waals surface area contributed by atoms with Crippen LogP contribution in [0.2, 0.25) is 0 Å². The van der Waals surface area contributed by atoms with Crippen LogP contribution in [0.3, 0.4) is 0 Å². The molecule has 0 saturated carbocycles. The van der Waals surface area contributed by atoms with E-state index in [2.05, 4.69) is 4.99 Å². The Morgan fingerprint density at radius 2 is 2.11 bits per heavy atom. The average Bonchev–Trinajstić information content (AvgIpc) is 1.83. The topological polar surface area (TPSA) is 12.4 Å². The van der Waals surface area contributed by atoms with Gasteiger partial charge in [-0.3, -0.25) is 4.99 Å². The van der Waals surface area contributed by atoms with Gasteiger partial charge in [0.1, 0.15) is 5.83 Å². The highest BCUT2D eigenvalue weighted by molar-refractivity contribution is 5.75. The average molecular weight is 129 g/mol. The molecule has 0 atom stereocenters. The molecule has 0 heterocycles. The van der Waals surface area contributed by atoms with Crippen molar-refractivity contribution in [3.8, 4) is 0 Å². The molecule has 0 fully saturated rings. The Bertz CT molecular complexity index is 125. The van der Waals surface area contributed by atoms with Gasteiger partial charge in [-0.1, -0.05) is 6.08 Å². The normalized spacial score (nSPS) is 13.7. The SMILES string of the molecule is C/C=C(F)\C=N/C(C)C. The highest BCUT2D eigenvalue weighted by atomic mass is 19.1. The molecule has 0 N–H and O–H groups in total. The van der Waals surface area contributed by atoms with E-state index in [0.29, 0.717) is 0 Å². The quantitative estimate of drug-likeness (QED) is 0.507. The number of halogens is 1. The van der Waals surface area contributed by atoms with Gasteiger partial charge in [0.2, 0.25) is 0 Å². The van der Waals surface area contributed by atoms with E-state index in [1.807, 2.05) is 13.8 Å². The second-order valence-electron chi connectivity index (χ2n) is 2.05. The number of nitrogens with zero attached hydrogens (tertiary/aromatic N) is 1. The zero-order chi connectivity index (χ0) is 7.28. The summed E-state index contributed by atoms with van der Waals surface area (Å²) in [7, 11) is 0. The van der Waals surface area contributed by atoms with Crippen LogP contribution in [-0.4, -0.2) is 12.3 Å². The fourth-order valence-electron chi connectivity index (χ4n) is 0.295. The zero-order valence-electron chi connectivity index (χ0n) is 6.06. The van der Waals surface area contributed by atoms with Crippen molar-refractivity contribution in [3.63, 3.8) is 0 Å². The molecule has 1 nitrogen and oxygen atoms in total. The summed E-state index contributed by atoms with van der Waals surface area (Å²) in [6.45, 7) is 5.44. The van der Waals surface area contributed by atoms with Gasteiger partial charge in [0, 0.05) is 6.04 Å². The summed E-state index contributed by atoms with van der Waals surface area (Å²) in [5.74, 6) is -0.274. The molecule has 9 heavy (non-hydrogen) atoms. The molecule has 0 saturated heterocycles. The summed E-state index contributed by atoms with van der Waals surface area (Å²) in [4.78, 5) is 3.83. The van der Waals surface area contributed by atoms with E-state index >= 15 is 0 Å². The van der Waals surface area contributed by atoms with Gasteiger partial charge >= 0.3 is 0 Å². The van der Waals surface area contributed by atoms with Crippen molar-refractivity contribution in [2.75, 3.05) is 0 Å². The molecule has 0 amide bonds. The number of hydrogen-bond donors (Lipinski definition) is 0. The molecule has 0 aromatic rings. The Balaban J connectivity index is 3.71. The third kappa shape index (κ3) is 5.21. The Kier molecular flexibility index (Phi) is 3.93. The van der Waals surface area contributed by atoms with Crippen LogP contribution >= 0.6 is 0 Å². The summed E-state index contributed by atoms with van der Waals surface area (Å²) >= 11 is 0. The van der Waals surface area contributed by atoms with Crippen molar-refractivity contribution in [3.05, 3.63) is 11.9 Å². The molecular weight excluding hydrogens is 117 g/mol. The molecule has 0 spiro atoms. The van der Waals surface area contributed by atoms with Gasteiger partial charge in [-0.05, 0) is 20.8 Å². The van der Waals surface area contributed by atoms with Crippen molar-refractivity contribution in [2.45, 2.75) is 26.8 Å². The van der Waals surface area contributed by atoms with Crippen LogP contribution in [0.15, 0.2) is 16.9 Å². The smallest absolute Gasteiger partial charge is 0.136 e. The lowest BCUT2D eigenvalue weighted by Crippen LogP contribution is -1.88. The lowest BCUT2D eigenvalue weighted by Gasteiger charge is -1.91. The Hall–Kier alpha value is -0.660. The summed E-state index contributed by atoms with van der Waals surface area (Å²) in [5.41, 5.74) is 0. The van der Waals surface area contributed by atoms with E-state index in [0.717, 1.165) is 0 Å². The van der Waals surface area contributed by atoms with Crippen molar-refractivity contribution in [1.82, 2.24) is 0 Å². The van der Waals surface area contributed by atoms with Crippen LogP contribution < -0.4 is 0 Å². The van der Waals surface area contributed by atoms with Gasteiger partial charge in [-0.25, -0.2) is 4.39 Å². The highest BCUT2D eigenvalue weighted by Gasteiger charge is 1.85. The fourth-order valence-corrected chi connectivity index (χ4v) is 0.295. The second-order valence-corrected chi connectivity index (χ2v) is 2.05. The van der Waals surface area contributed by atoms with Gasteiger partial charge in [0.05, 0.1) is 6.21 Å². The van der Waals surface area contributed by atoms with Gasteiger partial charge in [-0.15, -0.1) is 0 Å². The third-order valence-electron chi connectivity index (χ3n) is 0.772. The molecule has 0 unspecified atom stereocenters. The molecular formula is C7H12FN. The monoisotopic (exact) mass is 129 g/mol. The lowest BCUT2D eigenvalue weighted by molar-refractivity contribution is 0.680. The standard InChI is InChI=1S/C7H12FN/c1-4-7(8)5-9-6(2)3/h4-6H,1-3H3/b7-4+,9-5-. The number of allylic oxidation sites excluding steroid dienone is 2. The third-order valence-corrected chi connectivity index (χ3v) is 0.772. The predicted molar refractivity (Wildman–Crippen MR) is 38.5 cm³/mol. The van der Waals surface area contributed by atoms with Crippen LogP contribution in [-0.2, 0) is 0 Å². The van der Waals surface area contributed by atoms with Crippen LogP contribution in [0.1, 0.15) is 20.8 Å². The van der Waals surface area contributed by atoms with Crippen LogP contribution in [0, 0.1) is 0 Å². The maximum Gasteiger partial charge on any atom is 0.136 e. The Labute approximate surface area is 55.3 Å². The summed E-state index contributed by atoms with van der Waals surface area (Å²) < 4.78 is 12.2. The maximum atomic E-state index is 12.2. The molecule has 0 rings (SSSR count). The van der Waals surface area contributed by atoms with E-state index < -0.39 is 0 Å². The number of hydrogen-bond acceptors (Lipinski definition) is 1.